The van der Waals surface area contributed by atoms with E-state index in [1.54, 1.807) is 20.8 Å². The standard InChI is InChI=1S/C25H38O5/c1-6-25(4,5)24(28)30-21-12-15(2)11-17-8-7-16(3)20(23(17)21)10-9-19-13-18(26)14-22(27)29-19/h7-8,11,15-16,18-21,23,26H,6,9-10,12-14H2,1-5H3/t15-,16-,18+,19?,20-,21?,23-/m0/s1/i7D,8D,11D,12D2,15D,16D. The molecule has 0 amide bonds. The van der Waals surface area contributed by atoms with Crippen LogP contribution in [0, 0.1) is 29.0 Å². The van der Waals surface area contributed by atoms with Crippen LogP contribution in [0.15, 0.2) is 23.7 Å². The molecule has 0 aromatic rings. The van der Waals surface area contributed by atoms with Crippen molar-refractivity contribution in [1.82, 2.24) is 0 Å². The lowest BCUT2D eigenvalue weighted by molar-refractivity contribution is -0.166. The van der Waals surface area contributed by atoms with E-state index in [0.717, 1.165) is 0 Å². The molecule has 0 aromatic heterocycles. The van der Waals surface area contributed by atoms with Gasteiger partial charge in [-0.3, -0.25) is 9.59 Å². The third-order valence-electron chi connectivity index (χ3n) is 6.43. The molecule has 0 spiro atoms. The van der Waals surface area contributed by atoms with E-state index in [9.17, 15) is 14.7 Å². The Morgan fingerprint density at radius 3 is 2.83 bits per heavy atom. The van der Waals surface area contributed by atoms with Crippen LogP contribution in [-0.2, 0) is 19.1 Å². The number of esters is 2. The number of hydrogen-bond donors (Lipinski definition) is 1. The molecule has 3 aliphatic rings. The number of carbonyl (C=O) groups excluding carboxylic acids is 2. The molecule has 0 radical (unpaired) electrons. The average molecular weight is 426 g/mol. The number of aliphatic hydroxyl groups is 1. The lowest BCUT2D eigenvalue weighted by atomic mass is 9.65. The number of allylic oxidation sites excluding steroid dienone is 3. The Balaban J connectivity index is 2.14. The lowest BCUT2D eigenvalue weighted by Crippen LogP contribution is -2.43. The first-order valence-electron chi connectivity index (χ1n) is 14.3. The van der Waals surface area contributed by atoms with Gasteiger partial charge in [0.15, 0.2) is 0 Å². The molecule has 1 fully saturated rings. The maximum absolute atomic E-state index is 13.2. The van der Waals surface area contributed by atoms with E-state index >= 15 is 0 Å². The van der Waals surface area contributed by atoms with Crippen LogP contribution in [0.3, 0.4) is 0 Å². The second-order valence-corrected chi connectivity index (χ2v) is 9.22. The van der Waals surface area contributed by atoms with Gasteiger partial charge in [-0.25, -0.2) is 0 Å². The molecule has 3 rings (SSSR count). The fourth-order valence-corrected chi connectivity index (χ4v) is 4.15. The molecule has 0 bridgehead atoms. The smallest absolute Gasteiger partial charge is 0.311 e. The molecular formula is C25H38O5. The van der Waals surface area contributed by atoms with Crippen LogP contribution in [0.4, 0.5) is 0 Å². The Morgan fingerprint density at radius 2 is 2.17 bits per heavy atom. The van der Waals surface area contributed by atoms with Crippen molar-refractivity contribution in [3.05, 3.63) is 23.7 Å². The van der Waals surface area contributed by atoms with Crippen molar-refractivity contribution >= 4 is 11.9 Å². The number of hydrogen-bond acceptors (Lipinski definition) is 5. The highest BCUT2D eigenvalue weighted by atomic mass is 16.6. The van der Waals surface area contributed by atoms with Gasteiger partial charge >= 0.3 is 11.9 Å². The van der Waals surface area contributed by atoms with E-state index in [-0.39, 0.29) is 37.3 Å². The number of carbonyl (C=O) groups is 2. The van der Waals surface area contributed by atoms with Gasteiger partial charge in [-0.1, -0.05) is 38.9 Å². The molecule has 0 saturated carbocycles. The summed E-state index contributed by atoms with van der Waals surface area (Å²) in [5.41, 5.74) is -1.01. The molecule has 30 heavy (non-hydrogen) atoms. The van der Waals surface area contributed by atoms with Gasteiger partial charge in [-0.05, 0) is 62.8 Å². The topological polar surface area (TPSA) is 72.8 Å². The van der Waals surface area contributed by atoms with E-state index < -0.39 is 77.8 Å². The molecule has 168 valence electrons. The fraction of sp³-hybridized carbons (Fsp3) is 0.760. The van der Waals surface area contributed by atoms with Crippen molar-refractivity contribution in [3.63, 3.8) is 0 Å². The monoisotopic (exact) mass is 425 g/mol. The van der Waals surface area contributed by atoms with Crippen molar-refractivity contribution in [2.24, 2.45) is 29.0 Å². The predicted molar refractivity (Wildman–Crippen MR) is 115 cm³/mol. The lowest BCUT2D eigenvalue weighted by Gasteiger charge is -2.44. The summed E-state index contributed by atoms with van der Waals surface area (Å²) in [5, 5.41) is 10.00. The van der Waals surface area contributed by atoms with Gasteiger partial charge < -0.3 is 14.6 Å². The van der Waals surface area contributed by atoms with Crippen LogP contribution in [0.25, 0.3) is 0 Å². The largest absolute Gasteiger partial charge is 0.462 e. The van der Waals surface area contributed by atoms with Crippen LogP contribution in [0.5, 0.6) is 0 Å². The number of rotatable bonds is 6. The zero-order valence-electron chi connectivity index (χ0n) is 25.5. The summed E-state index contributed by atoms with van der Waals surface area (Å²) in [7, 11) is 0. The zero-order chi connectivity index (χ0) is 28.3. The molecule has 1 N–H and O–H groups in total. The number of ether oxygens (including phenoxy) is 2. The summed E-state index contributed by atoms with van der Waals surface area (Å²) in [4.78, 5) is 25.0. The van der Waals surface area contributed by atoms with Crippen LogP contribution >= 0.6 is 0 Å². The Labute approximate surface area is 190 Å². The second-order valence-electron chi connectivity index (χ2n) is 9.22. The molecule has 2 aliphatic carbocycles. The van der Waals surface area contributed by atoms with Crippen LogP contribution < -0.4 is 0 Å². The summed E-state index contributed by atoms with van der Waals surface area (Å²) in [6.07, 6.45) is -4.81. The van der Waals surface area contributed by atoms with Gasteiger partial charge in [0.2, 0.25) is 0 Å². The minimum absolute atomic E-state index is 0.0554. The molecule has 1 heterocycles. The fourth-order valence-electron chi connectivity index (χ4n) is 4.15. The van der Waals surface area contributed by atoms with Crippen LogP contribution in [0.1, 0.15) is 82.7 Å². The van der Waals surface area contributed by atoms with Crippen molar-refractivity contribution < 1.29 is 33.8 Å². The third kappa shape index (κ3) is 5.16. The van der Waals surface area contributed by atoms with Crippen molar-refractivity contribution in [2.45, 2.75) is 91.4 Å². The van der Waals surface area contributed by atoms with E-state index in [1.165, 1.54) is 13.8 Å². The molecular weight excluding hydrogens is 380 g/mol. The molecule has 2 unspecified atom stereocenters. The molecule has 7 atom stereocenters. The normalized spacial score (nSPS) is 47.5. The van der Waals surface area contributed by atoms with E-state index in [0.29, 0.717) is 6.42 Å². The molecule has 5 nitrogen and oxygen atoms in total. The maximum atomic E-state index is 13.2. The molecule has 5 heteroatoms. The quantitative estimate of drug-likeness (QED) is 0.630. The van der Waals surface area contributed by atoms with Gasteiger partial charge in [0.1, 0.15) is 12.2 Å². The van der Waals surface area contributed by atoms with E-state index in [4.69, 9.17) is 19.1 Å². The Bertz CT molecular complexity index is 1020. The molecule has 0 aromatic carbocycles. The van der Waals surface area contributed by atoms with Crippen molar-refractivity contribution in [3.8, 4) is 0 Å². The van der Waals surface area contributed by atoms with Gasteiger partial charge in [0, 0.05) is 17.8 Å². The second kappa shape index (κ2) is 9.25. The van der Waals surface area contributed by atoms with Crippen molar-refractivity contribution in [1.29, 1.82) is 0 Å². The maximum Gasteiger partial charge on any atom is 0.311 e. The number of cyclic esters (lactones) is 1. The summed E-state index contributed by atoms with van der Waals surface area (Å²) >= 11 is 0. The van der Waals surface area contributed by atoms with Gasteiger partial charge in [0.25, 0.3) is 0 Å². The average Bonchev–Trinajstić information content (AvgIpc) is 2.78. The summed E-state index contributed by atoms with van der Waals surface area (Å²) in [5.74, 6) is -7.15. The Hall–Kier alpha value is -1.62. The molecule has 1 aliphatic heterocycles. The highest BCUT2D eigenvalue weighted by molar-refractivity contribution is 5.76. The summed E-state index contributed by atoms with van der Waals surface area (Å²) in [6, 6.07) is -1.27. The summed E-state index contributed by atoms with van der Waals surface area (Å²) in [6.45, 7) is 7.75. The van der Waals surface area contributed by atoms with Gasteiger partial charge in [-0.15, -0.1) is 0 Å². The first-order chi connectivity index (χ1) is 16.8. The zero-order valence-corrected chi connectivity index (χ0v) is 18.5. The minimum atomic E-state index is -2.54. The minimum Gasteiger partial charge on any atom is -0.462 e. The predicted octanol–water partition coefficient (Wildman–Crippen LogP) is 4.59. The summed E-state index contributed by atoms with van der Waals surface area (Å²) < 4.78 is 72.6. The Morgan fingerprint density at radius 1 is 1.43 bits per heavy atom. The van der Waals surface area contributed by atoms with E-state index in [1.807, 2.05) is 0 Å². The first-order valence-corrected chi connectivity index (χ1v) is 10.8. The number of aliphatic hydroxyl groups excluding tert-OH is 1. The Kier molecular flexibility index (Phi) is 4.70. The van der Waals surface area contributed by atoms with Gasteiger partial charge in [-0.2, -0.15) is 0 Å². The highest BCUT2D eigenvalue weighted by Crippen LogP contribution is 2.45. The third-order valence-corrected chi connectivity index (χ3v) is 6.43. The van der Waals surface area contributed by atoms with Crippen LogP contribution in [-0.4, -0.2) is 35.4 Å². The number of fused-ring (bicyclic) bond motifs is 1. The van der Waals surface area contributed by atoms with Gasteiger partial charge in [0.05, 0.1) is 22.1 Å². The van der Waals surface area contributed by atoms with Crippen LogP contribution in [0.2, 0.25) is 0 Å². The highest BCUT2D eigenvalue weighted by Gasteiger charge is 2.43. The SMILES string of the molecule is [2H]C1=C([2H])[C@]([2H])(C)[C@H](CCC2C[C@@H](O)CC(=O)O2)[C@@H]2C1=C([2H])[C@]([2H])(C)C([2H])([2H])C2OC(=O)C(C)(C)CC. The van der Waals surface area contributed by atoms with E-state index in [2.05, 4.69) is 0 Å². The first kappa shape index (κ1) is 15.2. The van der Waals surface area contributed by atoms with Crippen molar-refractivity contribution in [2.75, 3.05) is 0 Å². The molecule has 1 saturated heterocycles.